The van der Waals surface area contributed by atoms with Crippen molar-refractivity contribution in [1.82, 2.24) is 14.5 Å². The summed E-state index contributed by atoms with van der Waals surface area (Å²) >= 11 is 0. The van der Waals surface area contributed by atoms with Crippen LogP contribution < -0.4 is 5.32 Å². The average Bonchev–Trinajstić information content (AvgIpc) is 2.80. The van der Waals surface area contributed by atoms with Crippen molar-refractivity contribution in [3.63, 3.8) is 0 Å². The molecule has 0 spiro atoms. The number of halogens is 1. The molecule has 2 amide bonds. The van der Waals surface area contributed by atoms with Gasteiger partial charge in [-0.25, -0.2) is 12.8 Å². The van der Waals surface area contributed by atoms with E-state index in [1.54, 1.807) is 6.07 Å². The number of sulfonamides is 1. The topological polar surface area (TPSA) is 86.8 Å². The lowest BCUT2D eigenvalue weighted by Gasteiger charge is -2.35. The largest absolute Gasteiger partial charge is 0.352 e. The van der Waals surface area contributed by atoms with E-state index in [0.29, 0.717) is 13.1 Å². The number of carbonyl (C=O) groups is 2. The molecule has 7 nitrogen and oxygen atoms in total. The lowest BCUT2D eigenvalue weighted by molar-refractivity contribution is -0.128. The van der Waals surface area contributed by atoms with Gasteiger partial charge in [-0.2, -0.15) is 4.31 Å². The van der Waals surface area contributed by atoms with Crippen molar-refractivity contribution in [2.24, 2.45) is 0 Å². The van der Waals surface area contributed by atoms with E-state index in [4.69, 9.17) is 0 Å². The highest BCUT2D eigenvalue weighted by Gasteiger charge is 2.36. The number of amides is 2. The highest BCUT2D eigenvalue weighted by molar-refractivity contribution is 7.89. The first-order valence-corrected chi connectivity index (χ1v) is 11.8. The first-order chi connectivity index (χ1) is 14.9. The monoisotopic (exact) mass is 445 g/mol. The van der Waals surface area contributed by atoms with Crippen LogP contribution in [0.25, 0.3) is 0 Å². The molecule has 0 bridgehead atoms. The van der Waals surface area contributed by atoms with Crippen LogP contribution in [0.1, 0.15) is 41.2 Å². The van der Waals surface area contributed by atoms with Gasteiger partial charge >= 0.3 is 0 Å². The molecule has 1 atom stereocenters. The first-order valence-electron chi connectivity index (χ1n) is 10.3. The number of benzene rings is 2. The molecule has 31 heavy (non-hydrogen) atoms. The third-order valence-corrected chi connectivity index (χ3v) is 7.60. The Kier molecular flexibility index (Phi) is 6.06. The van der Waals surface area contributed by atoms with Crippen molar-refractivity contribution in [2.75, 3.05) is 26.2 Å². The van der Waals surface area contributed by atoms with Gasteiger partial charge in [0, 0.05) is 37.3 Å². The maximum Gasteiger partial charge on any atom is 0.254 e. The van der Waals surface area contributed by atoms with E-state index in [9.17, 15) is 22.4 Å². The van der Waals surface area contributed by atoms with Crippen LogP contribution in [0.15, 0.2) is 53.4 Å². The fourth-order valence-electron chi connectivity index (χ4n) is 4.10. The molecule has 2 fully saturated rings. The smallest absolute Gasteiger partial charge is 0.254 e. The summed E-state index contributed by atoms with van der Waals surface area (Å²) in [4.78, 5) is 27.2. The van der Waals surface area contributed by atoms with Crippen LogP contribution in [0.2, 0.25) is 0 Å². The van der Waals surface area contributed by atoms with Gasteiger partial charge in [-0.3, -0.25) is 9.59 Å². The molecule has 2 aromatic rings. The van der Waals surface area contributed by atoms with Crippen LogP contribution >= 0.6 is 0 Å². The normalized spacial score (nSPS) is 20.4. The van der Waals surface area contributed by atoms with Gasteiger partial charge in [0.15, 0.2) is 0 Å². The average molecular weight is 446 g/mol. The highest BCUT2D eigenvalue weighted by Crippen LogP contribution is 2.28. The molecule has 2 aliphatic rings. The fraction of sp³-hybridized carbons (Fsp3) is 0.364. The first kappa shape index (κ1) is 21.5. The van der Waals surface area contributed by atoms with E-state index in [-0.39, 0.29) is 29.1 Å². The summed E-state index contributed by atoms with van der Waals surface area (Å²) in [6.07, 6.45) is 2.62. The van der Waals surface area contributed by atoms with E-state index in [1.165, 1.54) is 51.7 Å². The van der Waals surface area contributed by atoms with Gasteiger partial charge in [0.1, 0.15) is 11.9 Å². The SMILES string of the molecule is O=C1NCCN(C(=O)c2cccc(S(=O)(=O)N3CCCCC3)c2)[C@@H]1c1ccccc1F. The van der Waals surface area contributed by atoms with Gasteiger partial charge in [-0.15, -0.1) is 0 Å². The Labute approximate surface area is 180 Å². The Balaban J connectivity index is 1.66. The Hall–Kier alpha value is -2.78. The number of hydrogen-bond acceptors (Lipinski definition) is 4. The molecule has 2 aromatic carbocycles. The summed E-state index contributed by atoms with van der Waals surface area (Å²) in [6, 6.07) is 10.6. The minimum absolute atomic E-state index is 0.0455. The van der Waals surface area contributed by atoms with Crippen LogP contribution in [0.4, 0.5) is 4.39 Å². The van der Waals surface area contributed by atoms with E-state index in [0.717, 1.165) is 19.3 Å². The lowest BCUT2D eigenvalue weighted by atomic mass is 10.0. The summed E-state index contributed by atoms with van der Waals surface area (Å²) < 4.78 is 41.9. The third-order valence-electron chi connectivity index (χ3n) is 5.71. The van der Waals surface area contributed by atoms with Gasteiger partial charge in [0.25, 0.3) is 5.91 Å². The molecule has 0 aliphatic carbocycles. The van der Waals surface area contributed by atoms with Crippen LogP contribution in [-0.2, 0) is 14.8 Å². The molecule has 0 aromatic heterocycles. The van der Waals surface area contributed by atoms with Crippen molar-refractivity contribution in [3.8, 4) is 0 Å². The summed E-state index contributed by atoms with van der Waals surface area (Å²) in [5.41, 5.74) is 0.249. The fourth-order valence-corrected chi connectivity index (χ4v) is 5.66. The van der Waals surface area contributed by atoms with Crippen LogP contribution in [-0.4, -0.2) is 55.6 Å². The third kappa shape index (κ3) is 4.20. The molecule has 9 heteroatoms. The minimum atomic E-state index is -3.71. The number of nitrogens with one attached hydrogen (secondary N) is 1. The summed E-state index contributed by atoms with van der Waals surface area (Å²) in [5.74, 6) is -1.57. The molecule has 164 valence electrons. The van der Waals surface area contributed by atoms with Crippen molar-refractivity contribution >= 4 is 21.8 Å². The number of nitrogens with zero attached hydrogens (tertiary/aromatic N) is 2. The number of piperazine rings is 1. The number of piperidine rings is 1. The lowest BCUT2D eigenvalue weighted by Crippen LogP contribution is -2.52. The zero-order valence-corrected chi connectivity index (χ0v) is 17.8. The molecule has 0 saturated carbocycles. The molecule has 1 N–H and O–H groups in total. The summed E-state index contributed by atoms with van der Waals surface area (Å²) in [5, 5.41) is 2.67. The number of carbonyl (C=O) groups excluding carboxylic acids is 2. The predicted molar refractivity (Wildman–Crippen MR) is 112 cm³/mol. The van der Waals surface area contributed by atoms with E-state index < -0.39 is 33.7 Å². The van der Waals surface area contributed by atoms with Gasteiger partial charge in [-0.1, -0.05) is 30.7 Å². The maximum atomic E-state index is 14.4. The van der Waals surface area contributed by atoms with E-state index >= 15 is 0 Å². The predicted octanol–water partition coefficient (Wildman–Crippen LogP) is 2.31. The quantitative estimate of drug-likeness (QED) is 0.783. The van der Waals surface area contributed by atoms with Gasteiger partial charge in [-0.05, 0) is 37.1 Å². The van der Waals surface area contributed by atoms with Gasteiger partial charge < -0.3 is 10.2 Å². The summed E-state index contributed by atoms with van der Waals surface area (Å²) in [6.45, 7) is 1.35. The second-order valence-corrected chi connectivity index (χ2v) is 9.64. The molecule has 2 saturated heterocycles. The second-order valence-electron chi connectivity index (χ2n) is 7.71. The van der Waals surface area contributed by atoms with E-state index in [2.05, 4.69) is 5.32 Å². The number of hydrogen-bond donors (Lipinski definition) is 1. The van der Waals surface area contributed by atoms with Gasteiger partial charge in [0.05, 0.1) is 4.90 Å². The Morgan fingerprint density at radius 2 is 1.74 bits per heavy atom. The second kappa shape index (κ2) is 8.76. The standard InChI is InChI=1S/C22H24FN3O4S/c23-19-10-3-2-9-18(19)20-21(27)24-11-14-26(20)22(28)16-7-6-8-17(15-16)31(29,30)25-12-4-1-5-13-25/h2-3,6-10,15,20H,1,4-5,11-14H2,(H,24,27)/t20-/m1/s1. The maximum absolute atomic E-state index is 14.4. The molecule has 0 unspecified atom stereocenters. The molecular weight excluding hydrogens is 421 g/mol. The van der Waals surface area contributed by atoms with Crippen molar-refractivity contribution in [2.45, 2.75) is 30.2 Å². The van der Waals surface area contributed by atoms with Crippen LogP contribution in [0.3, 0.4) is 0 Å². The molecule has 2 aliphatic heterocycles. The highest BCUT2D eigenvalue weighted by atomic mass is 32.2. The molecule has 4 rings (SSSR count). The zero-order valence-electron chi connectivity index (χ0n) is 17.0. The molecule has 0 radical (unpaired) electrons. The summed E-state index contributed by atoms with van der Waals surface area (Å²) in [7, 11) is -3.71. The Bertz CT molecular complexity index is 1100. The molecular formula is C22H24FN3O4S. The number of rotatable bonds is 4. The van der Waals surface area contributed by atoms with Crippen molar-refractivity contribution < 1.29 is 22.4 Å². The Morgan fingerprint density at radius 3 is 2.48 bits per heavy atom. The van der Waals surface area contributed by atoms with E-state index in [1.807, 2.05) is 0 Å². The van der Waals surface area contributed by atoms with Crippen LogP contribution in [0.5, 0.6) is 0 Å². The van der Waals surface area contributed by atoms with Crippen molar-refractivity contribution in [1.29, 1.82) is 0 Å². The van der Waals surface area contributed by atoms with Gasteiger partial charge in [0.2, 0.25) is 15.9 Å². The molecule has 2 heterocycles. The Morgan fingerprint density at radius 1 is 1.00 bits per heavy atom. The zero-order chi connectivity index (χ0) is 22.0. The van der Waals surface area contributed by atoms with Crippen molar-refractivity contribution in [3.05, 3.63) is 65.5 Å². The minimum Gasteiger partial charge on any atom is -0.352 e. The van der Waals surface area contributed by atoms with Crippen LogP contribution in [0, 0.1) is 5.82 Å².